The van der Waals surface area contributed by atoms with Crippen molar-refractivity contribution in [2.75, 3.05) is 20.1 Å². The summed E-state index contributed by atoms with van der Waals surface area (Å²) >= 11 is 0. The van der Waals surface area contributed by atoms with E-state index in [-0.39, 0.29) is 18.6 Å². The van der Waals surface area contributed by atoms with Crippen LogP contribution in [-0.4, -0.2) is 53.1 Å². The van der Waals surface area contributed by atoms with Crippen LogP contribution < -0.4 is 0 Å². The number of hydrogen-bond acceptors (Lipinski definition) is 2. The largest absolute Gasteiger partial charge is 0.481 e. The van der Waals surface area contributed by atoms with Gasteiger partial charge in [-0.3, -0.25) is 4.79 Å². The Bertz CT molecular complexity index is 294. The van der Waals surface area contributed by atoms with Crippen LogP contribution in [0, 0.1) is 5.92 Å². The van der Waals surface area contributed by atoms with Crippen LogP contribution in [0.4, 0.5) is 4.79 Å². The van der Waals surface area contributed by atoms with E-state index in [1.165, 1.54) is 4.90 Å². The van der Waals surface area contributed by atoms with Crippen LogP contribution in [0.15, 0.2) is 0 Å². The predicted octanol–water partition coefficient (Wildman–Crippen LogP) is 2.66. The highest BCUT2D eigenvalue weighted by atomic mass is 16.4. The molecule has 0 heterocycles. The Kier molecular flexibility index (Phi) is 8.19. The van der Waals surface area contributed by atoms with Gasteiger partial charge in [0, 0.05) is 26.2 Å². The third kappa shape index (κ3) is 5.94. The summed E-state index contributed by atoms with van der Waals surface area (Å²) in [6, 6.07) is 0.109. The van der Waals surface area contributed by atoms with E-state index < -0.39 is 11.9 Å². The molecule has 0 aliphatic rings. The minimum Gasteiger partial charge on any atom is -0.481 e. The molecule has 0 saturated heterocycles. The number of carboxylic acid groups (broad SMARTS) is 1. The van der Waals surface area contributed by atoms with Gasteiger partial charge in [0.05, 0.1) is 5.92 Å². The van der Waals surface area contributed by atoms with Gasteiger partial charge in [-0.1, -0.05) is 27.2 Å². The summed E-state index contributed by atoms with van der Waals surface area (Å²) in [7, 11) is 1.67. The maximum Gasteiger partial charge on any atom is 0.320 e. The van der Waals surface area contributed by atoms with Crippen LogP contribution in [0.25, 0.3) is 0 Å². The molecule has 5 nitrogen and oxygen atoms in total. The van der Waals surface area contributed by atoms with Crippen molar-refractivity contribution in [1.29, 1.82) is 0 Å². The van der Waals surface area contributed by atoms with Gasteiger partial charge in [-0.05, 0) is 19.8 Å². The third-order valence-electron chi connectivity index (χ3n) is 3.42. The van der Waals surface area contributed by atoms with Crippen molar-refractivity contribution in [2.24, 2.45) is 5.92 Å². The van der Waals surface area contributed by atoms with E-state index in [4.69, 9.17) is 5.11 Å². The first-order valence-corrected chi connectivity index (χ1v) is 7.09. The molecule has 0 aliphatic carbocycles. The lowest BCUT2D eigenvalue weighted by atomic mass is 10.1. The number of carbonyl (C=O) groups excluding carboxylic acids is 1. The number of hydrogen-bond donors (Lipinski definition) is 1. The molecule has 0 aromatic heterocycles. The molecule has 0 radical (unpaired) electrons. The Morgan fingerprint density at radius 3 is 2.21 bits per heavy atom. The smallest absolute Gasteiger partial charge is 0.320 e. The third-order valence-corrected chi connectivity index (χ3v) is 3.42. The van der Waals surface area contributed by atoms with Crippen LogP contribution in [0.5, 0.6) is 0 Å². The minimum atomic E-state index is -0.872. The lowest BCUT2D eigenvalue weighted by Crippen LogP contribution is -2.47. The van der Waals surface area contributed by atoms with E-state index in [0.29, 0.717) is 0 Å². The molecule has 0 spiro atoms. The Labute approximate surface area is 116 Å². The lowest BCUT2D eigenvalue weighted by molar-refractivity contribution is -0.141. The van der Waals surface area contributed by atoms with Gasteiger partial charge in [0.25, 0.3) is 0 Å². The number of aliphatic carboxylic acids is 1. The fourth-order valence-electron chi connectivity index (χ4n) is 1.84. The average molecular weight is 272 g/mol. The van der Waals surface area contributed by atoms with Crippen LogP contribution in [-0.2, 0) is 4.79 Å². The summed E-state index contributed by atoms with van der Waals surface area (Å²) in [5.74, 6) is -1.41. The van der Waals surface area contributed by atoms with Gasteiger partial charge in [0.2, 0.25) is 0 Å². The number of carboxylic acids is 1. The minimum absolute atomic E-state index is 0.0732. The van der Waals surface area contributed by atoms with Crippen molar-refractivity contribution < 1.29 is 14.7 Å². The molecule has 1 N–H and O–H groups in total. The summed E-state index contributed by atoms with van der Waals surface area (Å²) in [6.07, 6.45) is 2.91. The highest BCUT2D eigenvalue weighted by molar-refractivity contribution is 5.76. The second kappa shape index (κ2) is 8.77. The van der Waals surface area contributed by atoms with Crippen LogP contribution in [0.1, 0.15) is 47.0 Å². The van der Waals surface area contributed by atoms with E-state index in [2.05, 4.69) is 13.8 Å². The van der Waals surface area contributed by atoms with Gasteiger partial charge in [0.15, 0.2) is 0 Å². The first kappa shape index (κ1) is 17.7. The van der Waals surface area contributed by atoms with E-state index in [9.17, 15) is 9.59 Å². The highest BCUT2D eigenvalue weighted by Gasteiger charge is 2.24. The zero-order valence-corrected chi connectivity index (χ0v) is 12.8. The van der Waals surface area contributed by atoms with Gasteiger partial charge >= 0.3 is 12.0 Å². The van der Waals surface area contributed by atoms with E-state index in [1.54, 1.807) is 14.0 Å². The second-order valence-electron chi connectivity index (χ2n) is 5.21. The molecule has 2 unspecified atom stereocenters. The summed E-state index contributed by atoms with van der Waals surface area (Å²) in [5.41, 5.74) is 0. The van der Waals surface area contributed by atoms with Crippen LogP contribution in [0.3, 0.4) is 0 Å². The Morgan fingerprint density at radius 2 is 1.79 bits per heavy atom. The van der Waals surface area contributed by atoms with E-state index in [1.807, 2.05) is 11.8 Å². The van der Waals surface area contributed by atoms with Gasteiger partial charge in [0.1, 0.15) is 0 Å². The first-order chi connectivity index (χ1) is 8.84. The van der Waals surface area contributed by atoms with Crippen molar-refractivity contribution in [2.45, 2.75) is 53.0 Å². The SMILES string of the molecule is CCCCN(C(=O)N(C)CC(C)C(=O)O)C(C)CC. The maximum atomic E-state index is 12.4. The van der Waals surface area contributed by atoms with Gasteiger partial charge in [-0.2, -0.15) is 0 Å². The first-order valence-electron chi connectivity index (χ1n) is 7.09. The van der Waals surface area contributed by atoms with Crippen molar-refractivity contribution in [3.63, 3.8) is 0 Å². The standard InChI is InChI=1S/C14H28N2O3/c1-6-8-9-16(12(4)7-2)14(19)15(5)10-11(3)13(17)18/h11-12H,6-10H2,1-5H3,(H,17,18). The number of carbonyl (C=O) groups is 2. The second-order valence-corrected chi connectivity index (χ2v) is 5.21. The number of amides is 2. The molecule has 0 rings (SSSR count). The molecule has 5 heteroatoms. The normalized spacial score (nSPS) is 13.7. The van der Waals surface area contributed by atoms with Crippen molar-refractivity contribution >= 4 is 12.0 Å². The molecule has 0 aliphatic heterocycles. The summed E-state index contributed by atoms with van der Waals surface area (Å²) in [5, 5.41) is 8.90. The zero-order chi connectivity index (χ0) is 15.0. The van der Waals surface area contributed by atoms with E-state index >= 15 is 0 Å². The molecule has 0 saturated carbocycles. The quantitative estimate of drug-likeness (QED) is 0.739. The number of nitrogens with zero attached hydrogens (tertiary/aromatic N) is 2. The Balaban J connectivity index is 4.63. The van der Waals surface area contributed by atoms with Gasteiger partial charge in [-0.15, -0.1) is 0 Å². The van der Waals surface area contributed by atoms with E-state index in [0.717, 1.165) is 25.8 Å². The van der Waals surface area contributed by atoms with Crippen molar-refractivity contribution in [3.05, 3.63) is 0 Å². The molecule has 0 aromatic rings. The molecule has 2 amide bonds. The lowest BCUT2D eigenvalue weighted by Gasteiger charge is -2.33. The molecular weight excluding hydrogens is 244 g/mol. The fraction of sp³-hybridized carbons (Fsp3) is 0.857. The monoisotopic (exact) mass is 272 g/mol. The molecule has 0 aromatic carbocycles. The fourth-order valence-corrected chi connectivity index (χ4v) is 1.84. The number of urea groups is 1. The molecule has 0 fully saturated rings. The predicted molar refractivity (Wildman–Crippen MR) is 76.2 cm³/mol. The zero-order valence-electron chi connectivity index (χ0n) is 12.8. The van der Waals surface area contributed by atoms with Crippen molar-refractivity contribution in [3.8, 4) is 0 Å². The summed E-state index contributed by atoms with van der Waals surface area (Å²) in [6.45, 7) is 8.77. The topological polar surface area (TPSA) is 60.9 Å². The van der Waals surface area contributed by atoms with Crippen molar-refractivity contribution in [1.82, 2.24) is 9.80 Å². The van der Waals surface area contributed by atoms with Gasteiger partial charge < -0.3 is 14.9 Å². The summed E-state index contributed by atoms with van der Waals surface area (Å²) in [4.78, 5) is 26.6. The Hall–Kier alpha value is -1.26. The highest BCUT2D eigenvalue weighted by Crippen LogP contribution is 2.10. The summed E-state index contributed by atoms with van der Waals surface area (Å²) < 4.78 is 0. The molecular formula is C14H28N2O3. The number of rotatable bonds is 8. The molecule has 0 bridgehead atoms. The number of unbranched alkanes of at least 4 members (excludes halogenated alkanes) is 1. The average Bonchev–Trinajstić information content (AvgIpc) is 2.37. The maximum absolute atomic E-state index is 12.4. The van der Waals surface area contributed by atoms with Crippen LogP contribution >= 0.6 is 0 Å². The van der Waals surface area contributed by atoms with Crippen LogP contribution in [0.2, 0.25) is 0 Å². The molecule has 2 atom stereocenters. The molecule has 112 valence electrons. The molecule has 19 heavy (non-hydrogen) atoms. The van der Waals surface area contributed by atoms with Gasteiger partial charge in [-0.25, -0.2) is 4.79 Å². The Morgan fingerprint density at radius 1 is 1.21 bits per heavy atom.